The Kier molecular flexibility index (Phi) is 12.0. The van der Waals surface area contributed by atoms with Gasteiger partial charge in [0, 0.05) is 31.1 Å². The maximum Gasteiger partial charge on any atom is 0.491 e. The molecule has 1 aromatic heterocycles. The number of ether oxygens (including phenoxy) is 2. The molecule has 0 radical (unpaired) electrons. The summed E-state index contributed by atoms with van der Waals surface area (Å²) in [4.78, 5) is 36.8. The fourth-order valence-electron chi connectivity index (χ4n) is 5.39. The summed E-state index contributed by atoms with van der Waals surface area (Å²) in [5.41, 5.74) is 3.90. The Morgan fingerprint density at radius 3 is 1.90 bits per heavy atom. The summed E-state index contributed by atoms with van der Waals surface area (Å²) < 4.78 is 86.8. The van der Waals surface area contributed by atoms with E-state index in [1.54, 1.807) is 0 Å². The van der Waals surface area contributed by atoms with Crippen molar-refractivity contribution in [3.8, 4) is 5.75 Å². The highest BCUT2D eigenvalue weighted by Crippen LogP contribution is 2.35. The molecule has 1 atom stereocenters. The normalized spacial score (nSPS) is 12.6. The number of hydrogen-bond donors (Lipinski definition) is 3. The molecule has 0 aliphatic heterocycles. The molecule has 0 unspecified atom stereocenters. The van der Waals surface area contributed by atoms with Crippen LogP contribution < -0.4 is 20.2 Å². The Balaban J connectivity index is 1.20. The lowest BCUT2D eigenvalue weighted by molar-refractivity contribution is -0.205. The number of rotatable bonds is 14. The van der Waals surface area contributed by atoms with Gasteiger partial charge in [0.25, 0.3) is 0 Å². The molecule has 0 saturated carbocycles. The van der Waals surface area contributed by atoms with Crippen LogP contribution in [0.4, 0.5) is 26.3 Å². The van der Waals surface area contributed by atoms with Crippen molar-refractivity contribution in [2.75, 3.05) is 19.6 Å². The Bertz CT molecular complexity index is 1940. The highest BCUT2D eigenvalue weighted by atomic mass is 32.1. The smallest absolute Gasteiger partial charge is 0.449 e. The molecule has 5 aromatic rings. The zero-order chi connectivity index (χ0) is 36.6. The van der Waals surface area contributed by atoms with Crippen molar-refractivity contribution in [3.05, 3.63) is 135 Å². The third-order valence-electron chi connectivity index (χ3n) is 7.86. The van der Waals surface area contributed by atoms with Crippen LogP contribution in [0.15, 0.2) is 102 Å². The molecule has 3 N–H and O–H groups in total. The number of halogens is 6. The number of aromatic nitrogens is 1. The Hall–Kier alpha value is -4.99. The average Bonchev–Trinajstić information content (AvgIpc) is 3.50. The predicted molar refractivity (Wildman–Crippen MR) is 178 cm³/mol. The lowest BCUT2D eigenvalue weighted by Crippen LogP contribution is -2.32. The average molecular weight is 732 g/mol. The first-order valence-corrected chi connectivity index (χ1v) is 16.4. The minimum Gasteiger partial charge on any atom is -0.449 e. The van der Waals surface area contributed by atoms with Gasteiger partial charge in [-0.1, -0.05) is 96.3 Å². The van der Waals surface area contributed by atoms with Crippen molar-refractivity contribution >= 4 is 33.5 Å². The first-order valence-electron chi connectivity index (χ1n) is 15.6. The number of carbonyl (C=O) groups excluding carboxylic acids is 2. The van der Waals surface area contributed by atoms with Crippen LogP contribution in [0.2, 0.25) is 0 Å². The largest absolute Gasteiger partial charge is 0.491 e. The molecule has 8 nitrogen and oxygen atoms in total. The summed E-state index contributed by atoms with van der Waals surface area (Å²) in [7, 11) is 0. The van der Waals surface area contributed by atoms with Gasteiger partial charge in [0.05, 0.1) is 4.70 Å². The molecule has 268 valence electrons. The number of H-pyrrole nitrogens is 1. The molecule has 0 amide bonds. The number of hydrogen-bond acceptors (Lipinski definition) is 8. The van der Waals surface area contributed by atoms with E-state index < -0.39 is 41.0 Å². The second-order valence-corrected chi connectivity index (χ2v) is 12.4. The van der Waals surface area contributed by atoms with Gasteiger partial charge < -0.3 is 25.1 Å². The second kappa shape index (κ2) is 16.4. The van der Waals surface area contributed by atoms with E-state index in [2.05, 4.69) is 44.6 Å². The van der Waals surface area contributed by atoms with Crippen molar-refractivity contribution in [1.82, 2.24) is 15.6 Å². The minimum atomic E-state index is -5.35. The highest BCUT2D eigenvalue weighted by molar-refractivity contribution is 7.16. The van der Waals surface area contributed by atoms with Gasteiger partial charge in [-0.3, -0.25) is 4.79 Å². The Labute approximate surface area is 291 Å². The molecule has 0 aliphatic rings. The van der Waals surface area contributed by atoms with E-state index in [1.807, 2.05) is 60.7 Å². The van der Waals surface area contributed by atoms with Gasteiger partial charge in [-0.15, -0.1) is 0 Å². The third-order valence-corrected chi connectivity index (χ3v) is 8.79. The summed E-state index contributed by atoms with van der Waals surface area (Å²) in [5.74, 6) is -5.57. The number of esters is 2. The van der Waals surface area contributed by atoms with E-state index in [0.717, 1.165) is 23.3 Å². The number of nitrogens with one attached hydrogen (secondary N) is 3. The number of carbonyl (C=O) groups is 2. The maximum absolute atomic E-state index is 13.2. The molecular weight excluding hydrogens is 700 g/mol. The monoisotopic (exact) mass is 731 g/mol. The molecule has 5 rings (SSSR count). The SMILES string of the molecule is O=C(Oc1ccc([C@H](CNCCc2ccc(CNCC(c3ccccc3)c3ccccc3)cc2)OC(=O)C(F)(F)F)c2sc(=O)[nH]c12)C(F)(F)F. The molecule has 4 aromatic carbocycles. The van der Waals surface area contributed by atoms with Crippen molar-refractivity contribution in [2.24, 2.45) is 0 Å². The second-order valence-electron chi connectivity index (χ2n) is 11.4. The quantitative estimate of drug-likeness (QED) is 0.0491. The van der Waals surface area contributed by atoms with Gasteiger partial charge >= 0.3 is 29.2 Å². The molecular formula is C36H31F6N3O5S. The topological polar surface area (TPSA) is 110 Å². The lowest BCUT2D eigenvalue weighted by Gasteiger charge is -2.21. The fourth-order valence-corrected chi connectivity index (χ4v) is 6.30. The Morgan fingerprint density at radius 1 is 0.725 bits per heavy atom. The molecule has 0 fully saturated rings. The van der Waals surface area contributed by atoms with E-state index in [0.29, 0.717) is 30.8 Å². The van der Waals surface area contributed by atoms with Crippen molar-refractivity contribution in [2.45, 2.75) is 37.3 Å². The molecule has 0 bridgehead atoms. The standard InChI is InChI=1S/C36H31F6N3O5S/c37-35(38,39)32(46)49-28-16-15-26(31-30(28)45-34(48)51-31)29(50-33(47)36(40,41)42)21-43-18-17-22-11-13-23(14-12-22)19-44-20-27(24-7-3-1-4-8-24)25-9-5-2-6-10-25/h1-16,27,29,43-44H,17-21H2,(H,45,48)/t29-/m0/s1. The third kappa shape index (κ3) is 10.1. The predicted octanol–water partition coefficient (Wildman–Crippen LogP) is 6.96. The molecule has 51 heavy (non-hydrogen) atoms. The highest BCUT2D eigenvalue weighted by Gasteiger charge is 2.43. The van der Waals surface area contributed by atoms with Gasteiger partial charge in [0.15, 0.2) is 5.75 Å². The number of alkyl halides is 6. The van der Waals surface area contributed by atoms with Crippen LogP contribution in [-0.4, -0.2) is 48.9 Å². The van der Waals surface area contributed by atoms with E-state index in [4.69, 9.17) is 4.74 Å². The summed E-state index contributed by atoms with van der Waals surface area (Å²) in [5, 5.41) is 6.47. The summed E-state index contributed by atoms with van der Waals surface area (Å²) in [6.07, 6.45) is -11.8. The van der Waals surface area contributed by atoms with Crippen molar-refractivity contribution < 1.29 is 45.4 Å². The molecule has 0 spiro atoms. The van der Waals surface area contributed by atoms with Crippen LogP contribution in [0.25, 0.3) is 10.2 Å². The zero-order valence-corrected chi connectivity index (χ0v) is 27.5. The van der Waals surface area contributed by atoms with E-state index >= 15 is 0 Å². The summed E-state index contributed by atoms with van der Waals surface area (Å²) >= 11 is 0.443. The van der Waals surface area contributed by atoms with Crippen LogP contribution in [-0.2, 0) is 27.3 Å². The van der Waals surface area contributed by atoms with Crippen LogP contribution in [0.3, 0.4) is 0 Å². The first kappa shape index (κ1) is 37.3. The fraction of sp³-hybridized carbons (Fsp3) is 0.250. The van der Waals surface area contributed by atoms with Gasteiger partial charge in [-0.25, -0.2) is 9.59 Å². The molecule has 15 heteroatoms. The number of aromatic amines is 1. The maximum atomic E-state index is 13.2. The van der Waals surface area contributed by atoms with Gasteiger partial charge in [-0.2, -0.15) is 26.3 Å². The zero-order valence-electron chi connectivity index (χ0n) is 26.6. The summed E-state index contributed by atoms with van der Waals surface area (Å²) in [6.45, 7) is 1.25. The number of thiazole rings is 1. The van der Waals surface area contributed by atoms with Crippen LogP contribution in [0.1, 0.15) is 39.8 Å². The molecule has 0 saturated heterocycles. The lowest BCUT2D eigenvalue weighted by atomic mass is 9.91. The number of fused-ring (bicyclic) bond motifs is 1. The van der Waals surface area contributed by atoms with Crippen molar-refractivity contribution in [1.29, 1.82) is 0 Å². The van der Waals surface area contributed by atoms with Crippen LogP contribution in [0.5, 0.6) is 5.75 Å². The van der Waals surface area contributed by atoms with Crippen LogP contribution >= 0.6 is 11.3 Å². The minimum absolute atomic E-state index is 0.108. The van der Waals surface area contributed by atoms with E-state index in [1.165, 1.54) is 11.1 Å². The van der Waals surface area contributed by atoms with Gasteiger partial charge in [0.2, 0.25) is 0 Å². The van der Waals surface area contributed by atoms with Crippen molar-refractivity contribution in [3.63, 3.8) is 0 Å². The summed E-state index contributed by atoms with van der Waals surface area (Å²) in [6, 6.07) is 30.1. The van der Waals surface area contributed by atoms with Crippen LogP contribution in [0, 0.1) is 0 Å². The number of benzene rings is 4. The van der Waals surface area contributed by atoms with Gasteiger partial charge in [0.1, 0.15) is 11.6 Å². The van der Waals surface area contributed by atoms with E-state index in [-0.39, 0.29) is 34.8 Å². The molecule has 1 heterocycles. The molecule has 0 aliphatic carbocycles. The first-order chi connectivity index (χ1) is 24.3. The Morgan fingerprint density at radius 2 is 1.31 bits per heavy atom. The van der Waals surface area contributed by atoms with Gasteiger partial charge in [-0.05, 0) is 47.4 Å². The van der Waals surface area contributed by atoms with E-state index in [9.17, 15) is 40.7 Å².